The topological polar surface area (TPSA) is 15.3 Å². The summed E-state index contributed by atoms with van der Waals surface area (Å²) < 4.78 is 26.7. The SMILES string of the molecule is CC1CNC(C(C)(C)C)CN1c1cc(F)cc(F)c1. The van der Waals surface area contributed by atoms with Crippen LogP contribution in [-0.4, -0.2) is 25.2 Å². The molecule has 4 heteroatoms. The molecule has 1 aliphatic heterocycles. The van der Waals surface area contributed by atoms with Crippen LogP contribution in [0.25, 0.3) is 0 Å². The van der Waals surface area contributed by atoms with E-state index in [2.05, 4.69) is 37.9 Å². The van der Waals surface area contributed by atoms with Crippen molar-refractivity contribution in [1.82, 2.24) is 5.32 Å². The van der Waals surface area contributed by atoms with Gasteiger partial charge in [0.15, 0.2) is 0 Å². The molecule has 0 saturated carbocycles. The number of hydrogen-bond acceptors (Lipinski definition) is 2. The summed E-state index contributed by atoms with van der Waals surface area (Å²) in [7, 11) is 0. The third kappa shape index (κ3) is 3.24. The summed E-state index contributed by atoms with van der Waals surface area (Å²) in [6.07, 6.45) is 0. The summed E-state index contributed by atoms with van der Waals surface area (Å²) in [4.78, 5) is 2.08. The Kier molecular flexibility index (Phi) is 3.81. The van der Waals surface area contributed by atoms with E-state index in [0.29, 0.717) is 11.7 Å². The lowest BCUT2D eigenvalue weighted by atomic mass is 9.84. The Hall–Kier alpha value is -1.16. The fraction of sp³-hybridized carbons (Fsp3) is 0.600. The highest BCUT2D eigenvalue weighted by atomic mass is 19.1. The number of nitrogens with zero attached hydrogens (tertiary/aromatic N) is 1. The first-order valence-electron chi connectivity index (χ1n) is 6.73. The molecule has 0 bridgehead atoms. The molecule has 0 amide bonds. The number of halogens is 2. The molecule has 2 atom stereocenters. The van der Waals surface area contributed by atoms with Gasteiger partial charge in [-0.25, -0.2) is 8.78 Å². The van der Waals surface area contributed by atoms with Gasteiger partial charge in [-0.15, -0.1) is 0 Å². The lowest BCUT2D eigenvalue weighted by Crippen LogP contribution is -2.59. The third-order valence-electron chi connectivity index (χ3n) is 3.80. The van der Waals surface area contributed by atoms with E-state index in [9.17, 15) is 8.78 Å². The van der Waals surface area contributed by atoms with Gasteiger partial charge in [-0.2, -0.15) is 0 Å². The first kappa shape index (κ1) is 14.3. The maximum atomic E-state index is 13.4. The predicted octanol–water partition coefficient (Wildman–Crippen LogP) is 3.18. The van der Waals surface area contributed by atoms with Crippen molar-refractivity contribution in [3.63, 3.8) is 0 Å². The molecule has 1 saturated heterocycles. The quantitative estimate of drug-likeness (QED) is 0.841. The zero-order valence-corrected chi connectivity index (χ0v) is 12.0. The molecule has 1 fully saturated rings. The molecule has 1 N–H and O–H groups in total. The first-order valence-corrected chi connectivity index (χ1v) is 6.73. The number of hydrogen-bond donors (Lipinski definition) is 1. The second-order valence-corrected chi connectivity index (χ2v) is 6.46. The second kappa shape index (κ2) is 5.08. The molecule has 0 spiro atoms. The van der Waals surface area contributed by atoms with Crippen molar-refractivity contribution in [3.8, 4) is 0 Å². The van der Waals surface area contributed by atoms with Crippen LogP contribution in [0.2, 0.25) is 0 Å². The van der Waals surface area contributed by atoms with E-state index < -0.39 is 11.6 Å². The molecule has 2 unspecified atom stereocenters. The van der Waals surface area contributed by atoms with Crippen LogP contribution >= 0.6 is 0 Å². The number of rotatable bonds is 1. The molecule has 2 nitrogen and oxygen atoms in total. The maximum absolute atomic E-state index is 13.4. The van der Waals surface area contributed by atoms with Crippen LogP contribution in [0.5, 0.6) is 0 Å². The highest BCUT2D eigenvalue weighted by molar-refractivity contribution is 5.48. The maximum Gasteiger partial charge on any atom is 0.128 e. The largest absolute Gasteiger partial charge is 0.366 e. The monoisotopic (exact) mass is 268 g/mol. The Morgan fingerprint density at radius 3 is 2.26 bits per heavy atom. The molecule has 2 rings (SSSR count). The van der Waals surface area contributed by atoms with E-state index in [1.54, 1.807) is 0 Å². The van der Waals surface area contributed by atoms with Crippen molar-refractivity contribution in [3.05, 3.63) is 29.8 Å². The normalized spacial score (nSPS) is 24.6. The van der Waals surface area contributed by atoms with Gasteiger partial charge in [0, 0.05) is 36.9 Å². The van der Waals surface area contributed by atoms with Crippen molar-refractivity contribution < 1.29 is 8.78 Å². The summed E-state index contributed by atoms with van der Waals surface area (Å²) in [6, 6.07) is 4.25. The Morgan fingerprint density at radius 1 is 1.16 bits per heavy atom. The van der Waals surface area contributed by atoms with Gasteiger partial charge < -0.3 is 10.2 Å². The Labute approximate surface area is 113 Å². The highest BCUT2D eigenvalue weighted by Crippen LogP contribution is 2.28. The number of nitrogens with one attached hydrogen (secondary N) is 1. The van der Waals surface area contributed by atoms with E-state index in [4.69, 9.17) is 0 Å². The molecular formula is C15H22F2N2. The van der Waals surface area contributed by atoms with Gasteiger partial charge in [0.25, 0.3) is 0 Å². The molecule has 0 aliphatic carbocycles. The minimum absolute atomic E-state index is 0.115. The van der Waals surface area contributed by atoms with Crippen LogP contribution in [-0.2, 0) is 0 Å². The Bertz CT molecular complexity index is 434. The highest BCUT2D eigenvalue weighted by Gasteiger charge is 2.32. The zero-order chi connectivity index (χ0) is 14.2. The van der Waals surface area contributed by atoms with Gasteiger partial charge in [0.2, 0.25) is 0 Å². The summed E-state index contributed by atoms with van der Waals surface area (Å²) >= 11 is 0. The van der Waals surface area contributed by atoms with Crippen LogP contribution in [0.1, 0.15) is 27.7 Å². The van der Waals surface area contributed by atoms with Crippen LogP contribution in [0.15, 0.2) is 18.2 Å². The van der Waals surface area contributed by atoms with E-state index in [1.165, 1.54) is 12.1 Å². The summed E-state index contributed by atoms with van der Waals surface area (Å²) in [5.74, 6) is -1.04. The fourth-order valence-electron chi connectivity index (χ4n) is 2.51. The summed E-state index contributed by atoms with van der Waals surface area (Å²) in [6.45, 7) is 10.2. The zero-order valence-electron chi connectivity index (χ0n) is 12.0. The molecular weight excluding hydrogens is 246 g/mol. The fourth-order valence-corrected chi connectivity index (χ4v) is 2.51. The summed E-state index contributed by atoms with van der Waals surface area (Å²) in [5.41, 5.74) is 0.741. The van der Waals surface area contributed by atoms with E-state index >= 15 is 0 Å². The molecule has 106 valence electrons. The molecule has 1 aromatic rings. The van der Waals surface area contributed by atoms with Gasteiger partial charge in [-0.1, -0.05) is 20.8 Å². The predicted molar refractivity (Wildman–Crippen MR) is 74.4 cm³/mol. The molecule has 19 heavy (non-hydrogen) atoms. The lowest BCUT2D eigenvalue weighted by molar-refractivity contribution is 0.239. The standard InChI is InChI=1S/C15H22F2N2/c1-10-8-18-14(15(2,3)4)9-19(10)13-6-11(16)5-12(17)7-13/h5-7,10,14,18H,8-9H2,1-4H3. The van der Waals surface area contributed by atoms with Crippen molar-refractivity contribution in [2.45, 2.75) is 39.8 Å². The van der Waals surface area contributed by atoms with Gasteiger partial charge in [0.05, 0.1) is 0 Å². The Balaban J connectivity index is 2.26. The van der Waals surface area contributed by atoms with Crippen LogP contribution in [0.3, 0.4) is 0 Å². The van der Waals surface area contributed by atoms with Gasteiger partial charge in [-0.3, -0.25) is 0 Å². The van der Waals surface area contributed by atoms with E-state index in [0.717, 1.165) is 19.2 Å². The first-order chi connectivity index (χ1) is 8.77. The smallest absolute Gasteiger partial charge is 0.128 e. The van der Waals surface area contributed by atoms with Crippen molar-refractivity contribution in [2.75, 3.05) is 18.0 Å². The Morgan fingerprint density at radius 2 is 1.74 bits per heavy atom. The van der Waals surface area contributed by atoms with Crippen molar-refractivity contribution in [1.29, 1.82) is 0 Å². The molecule has 1 heterocycles. The van der Waals surface area contributed by atoms with Crippen molar-refractivity contribution >= 4 is 5.69 Å². The van der Waals surface area contributed by atoms with Gasteiger partial charge >= 0.3 is 0 Å². The van der Waals surface area contributed by atoms with E-state index in [1.807, 2.05) is 0 Å². The second-order valence-electron chi connectivity index (χ2n) is 6.46. The molecule has 0 radical (unpaired) electrons. The average Bonchev–Trinajstić information content (AvgIpc) is 2.26. The van der Waals surface area contributed by atoms with Crippen LogP contribution in [0.4, 0.5) is 14.5 Å². The lowest BCUT2D eigenvalue weighted by Gasteiger charge is -2.45. The molecule has 1 aliphatic rings. The van der Waals surface area contributed by atoms with Gasteiger partial charge in [0.1, 0.15) is 11.6 Å². The number of piperazine rings is 1. The van der Waals surface area contributed by atoms with Crippen molar-refractivity contribution in [2.24, 2.45) is 5.41 Å². The summed E-state index contributed by atoms with van der Waals surface area (Å²) in [5, 5.41) is 3.51. The van der Waals surface area contributed by atoms with E-state index in [-0.39, 0.29) is 11.5 Å². The number of anilines is 1. The van der Waals surface area contributed by atoms with Crippen LogP contribution < -0.4 is 10.2 Å². The minimum atomic E-state index is -0.520. The average molecular weight is 268 g/mol. The van der Waals surface area contributed by atoms with Crippen LogP contribution in [0, 0.1) is 17.0 Å². The molecule has 1 aromatic carbocycles. The molecule has 0 aromatic heterocycles. The van der Waals surface area contributed by atoms with Gasteiger partial charge in [-0.05, 0) is 24.5 Å². The minimum Gasteiger partial charge on any atom is -0.366 e. The third-order valence-corrected chi connectivity index (χ3v) is 3.80. The number of benzene rings is 1.